The topological polar surface area (TPSA) is 3.88 Å². The zero-order valence-electron chi connectivity index (χ0n) is 16.1. The fourth-order valence-electron chi connectivity index (χ4n) is 3.41. The molecular weight excluding hydrogens is 294 g/mol. The Labute approximate surface area is 143 Å². The van der Waals surface area contributed by atoms with Crippen LogP contribution in [0.4, 0.5) is 0 Å². The van der Waals surface area contributed by atoms with Crippen LogP contribution in [-0.2, 0) is 13.5 Å². The van der Waals surface area contributed by atoms with Crippen molar-refractivity contribution < 1.29 is 4.57 Å². The molecule has 0 aliphatic rings. The maximum atomic E-state index is 2.42. The summed E-state index contributed by atoms with van der Waals surface area (Å²) >= 11 is 0. The Morgan fingerprint density at radius 3 is 2.17 bits per heavy atom. The minimum atomic E-state index is -1.29. The van der Waals surface area contributed by atoms with Gasteiger partial charge in [0.15, 0.2) is 6.20 Å². The number of nitrogens with zero attached hydrogens (tertiary/aromatic N) is 1. The second kappa shape index (κ2) is 6.60. The molecule has 2 heteroatoms. The highest BCUT2D eigenvalue weighted by Gasteiger charge is 2.24. The van der Waals surface area contributed by atoms with Gasteiger partial charge in [-0.3, -0.25) is 0 Å². The molecule has 0 spiro atoms. The number of benzene rings is 1. The first-order valence-corrected chi connectivity index (χ1v) is 12.2. The fourth-order valence-corrected chi connectivity index (χ4v) is 5.25. The zero-order chi connectivity index (χ0) is 17.4. The number of hydrogen-bond acceptors (Lipinski definition) is 0. The Kier molecular flexibility index (Phi) is 5.15. The molecule has 0 amide bonds. The summed E-state index contributed by atoms with van der Waals surface area (Å²) in [5.41, 5.74) is 6.92. The lowest BCUT2D eigenvalue weighted by Gasteiger charge is -2.18. The van der Waals surface area contributed by atoms with Crippen molar-refractivity contribution in [2.75, 3.05) is 0 Å². The fraction of sp³-hybridized carbons (Fsp3) is 0.476. The Hall–Kier alpha value is -1.41. The summed E-state index contributed by atoms with van der Waals surface area (Å²) in [5.74, 6) is 0.703. The molecule has 1 nitrogen and oxygen atoms in total. The zero-order valence-corrected chi connectivity index (χ0v) is 17.1. The van der Waals surface area contributed by atoms with Crippen LogP contribution in [0.3, 0.4) is 0 Å². The number of aryl methyl sites for hydroxylation is 3. The second-order valence-corrected chi connectivity index (χ2v) is 13.4. The molecular formula is C21H32NSi+. The molecule has 2 rings (SSSR count). The van der Waals surface area contributed by atoms with Crippen molar-refractivity contribution >= 4 is 13.3 Å². The number of rotatable bonds is 4. The van der Waals surface area contributed by atoms with E-state index in [2.05, 4.69) is 89.4 Å². The molecule has 1 aromatic carbocycles. The van der Waals surface area contributed by atoms with Crippen LogP contribution in [0.2, 0.25) is 19.6 Å². The van der Waals surface area contributed by atoms with Gasteiger partial charge in [-0.15, -0.1) is 0 Å². The first-order valence-electron chi connectivity index (χ1n) is 8.70. The van der Waals surface area contributed by atoms with Crippen molar-refractivity contribution in [1.82, 2.24) is 0 Å². The quantitative estimate of drug-likeness (QED) is 0.574. The smallest absolute Gasteiger partial charge is 0.201 e. The highest BCUT2D eigenvalue weighted by molar-refractivity contribution is 6.88. The molecule has 1 aromatic heterocycles. The summed E-state index contributed by atoms with van der Waals surface area (Å²) in [7, 11) is 0.886. The van der Waals surface area contributed by atoms with E-state index in [1.165, 1.54) is 27.9 Å². The van der Waals surface area contributed by atoms with Gasteiger partial charge >= 0.3 is 0 Å². The van der Waals surface area contributed by atoms with Gasteiger partial charge in [0, 0.05) is 16.8 Å². The summed E-state index contributed by atoms with van der Waals surface area (Å²) in [4.78, 5) is 0. The first-order chi connectivity index (χ1) is 10.6. The average Bonchev–Trinajstić information content (AvgIpc) is 2.39. The Bertz CT molecular complexity index is 709. The second-order valence-electron chi connectivity index (χ2n) is 8.36. The van der Waals surface area contributed by atoms with E-state index in [4.69, 9.17) is 0 Å². The number of hydrogen-bond donors (Lipinski definition) is 0. The number of pyridine rings is 1. The third-order valence-electron chi connectivity index (χ3n) is 4.50. The third kappa shape index (κ3) is 4.11. The lowest BCUT2D eigenvalue weighted by atomic mass is 9.96. The molecule has 0 unspecified atom stereocenters. The van der Waals surface area contributed by atoms with Crippen molar-refractivity contribution in [3.8, 4) is 11.3 Å². The van der Waals surface area contributed by atoms with Crippen LogP contribution in [0, 0.1) is 19.8 Å². The van der Waals surface area contributed by atoms with Crippen molar-refractivity contribution in [1.29, 1.82) is 0 Å². The van der Waals surface area contributed by atoms with Crippen LogP contribution in [-0.4, -0.2) is 8.07 Å². The molecule has 0 aliphatic carbocycles. The van der Waals surface area contributed by atoms with Crippen LogP contribution in [0.5, 0.6) is 0 Å². The van der Waals surface area contributed by atoms with E-state index < -0.39 is 8.07 Å². The van der Waals surface area contributed by atoms with Crippen LogP contribution >= 0.6 is 0 Å². The maximum absolute atomic E-state index is 2.42. The van der Waals surface area contributed by atoms with E-state index >= 15 is 0 Å². The molecule has 0 saturated carbocycles. The molecule has 0 aliphatic heterocycles. The highest BCUT2D eigenvalue weighted by Crippen LogP contribution is 2.23. The number of aromatic nitrogens is 1. The molecule has 0 radical (unpaired) electrons. The average molecular weight is 327 g/mol. The van der Waals surface area contributed by atoms with Crippen molar-refractivity contribution in [3.05, 3.63) is 47.2 Å². The Balaban J connectivity index is 2.49. The lowest BCUT2D eigenvalue weighted by Crippen LogP contribution is -2.46. The monoisotopic (exact) mass is 326 g/mol. The molecule has 2 aromatic rings. The standard InChI is InChI=1S/C21H32NSi/c1-15(2)11-18-9-10-19(16(3)12-18)20-13-17(4)21(14-22(20)5)23(6,7)8/h9-10,12-15H,11H2,1-8H3/q+1. The highest BCUT2D eigenvalue weighted by atomic mass is 28.3. The minimum Gasteiger partial charge on any atom is -0.201 e. The summed E-state index contributed by atoms with van der Waals surface area (Å²) in [6.07, 6.45) is 3.51. The van der Waals surface area contributed by atoms with Crippen molar-refractivity contribution in [2.45, 2.75) is 53.8 Å². The van der Waals surface area contributed by atoms with Gasteiger partial charge in [-0.25, -0.2) is 4.57 Å². The third-order valence-corrected chi connectivity index (χ3v) is 6.64. The predicted molar refractivity (Wildman–Crippen MR) is 104 cm³/mol. The normalized spacial score (nSPS) is 12.0. The molecule has 0 fully saturated rings. The summed E-state index contributed by atoms with van der Waals surface area (Å²) in [5, 5.41) is 1.55. The predicted octanol–water partition coefficient (Wildman–Crippen LogP) is 4.54. The van der Waals surface area contributed by atoms with E-state index in [-0.39, 0.29) is 0 Å². The molecule has 0 atom stereocenters. The molecule has 124 valence electrons. The largest absolute Gasteiger partial charge is 0.212 e. The molecule has 1 heterocycles. The van der Waals surface area contributed by atoms with Gasteiger partial charge in [-0.05, 0) is 48.9 Å². The molecule has 0 bridgehead atoms. The molecule has 0 N–H and O–H groups in total. The van der Waals surface area contributed by atoms with Crippen LogP contribution in [0.25, 0.3) is 11.3 Å². The van der Waals surface area contributed by atoms with Gasteiger partial charge in [-0.1, -0.05) is 45.6 Å². The maximum Gasteiger partial charge on any atom is 0.212 e. The summed E-state index contributed by atoms with van der Waals surface area (Å²) in [6, 6.07) is 9.33. The Morgan fingerprint density at radius 1 is 1.00 bits per heavy atom. The SMILES string of the molecule is Cc1cc(CC(C)C)ccc1-c1cc(C)c([Si](C)(C)C)c[n+]1C. The van der Waals surface area contributed by atoms with Gasteiger partial charge in [0.25, 0.3) is 0 Å². The summed E-state index contributed by atoms with van der Waals surface area (Å²) < 4.78 is 2.31. The summed E-state index contributed by atoms with van der Waals surface area (Å²) in [6.45, 7) is 16.3. The van der Waals surface area contributed by atoms with Gasteiger partial charge in [0.1, 0.15) is 7.05 Å². The van der Waals surface area contributed by atoms with E-state index in [9.17, 15) is 0 Å². The van der Waals surface area contributed by atoms with E-state index in [1.807, 2.05) is 0 Å². The first kappa shape index (κ1) is 17.9. The van der Waals surface area contributed by atoms with E-state index in [0.717, 1.165) is 6.42 Å². The van der Waals surface area contributed by atoms with Gasteiger partial charge in [0.05, 0.1) is 8.07 Å². The van der Waals surface area contributed by atoms with Gasteiger partial charge in [-0.2, -0.15) is 0 Å². The van der Waals surface area contributed by atoms with Gasteiger partial charge in [0.2, 0.25) is 5.69 Å². The van der Waals surface area contributed by atoms with Crippen LogP contribution in [0.1, 0.15) is 30.5 Å². The molecule has 23 heavy (non-hydrogen) atoms. The van der Waals surface area contributed by atoms with Crippen LogP contribution in [0.15, 0.2) is 30.5 Å². The molecule has 0 saturated heterocycles. The Morgan fingerprint density at radius 2 is 1.65 bits per heavy atom. The van der Waals surface area contributed by atoms with Crippen molar-refractivity contribution in [2.24, 2.45) is 13.0 Å². The van der Waals surface area contributed by atoms with Gasteiger partial charge < -0.3 is 0 Å². The van der Waals surface area contributed by atoms with Crippen molar-refractivity contribution in [3.63, 3.8) is 0 Å². The minimum absolute atomic E-state index is 0.703. The van der Waals surface area contributed by atoms with E-state index in [1.54, 1.807) is 5.19 Å². The lowest BCUT2D eigenvalue weighted by molar-refractivity contribution is -0.659. The van der Waals surface area contributed by atoms with Crippen LogP contribution < -0.4 is 9.75 Å². The van der Waals surface area contributed by atoms with E-state index in [0.29, 0.717) is 5.92 Å².